The molecular formula is C15H16N5O3. The Kier molecular flexibility index (Phi) is 3.88. The van der Waals surface area contributed by atoms with Crippen molar-refractivity contribution in [3.63, 3.8) is 0 Å². The summed E-state index contributed by atoms with van der Waals surface area (Å²) < 4.78 is 14.2. The Hall–Kier alpha value is -3.03. The lowest BCUT2D eigenvalue weighted by Crippen LogP contribution is -2.13. The van der Waals surface area contributed by atoms with E-state index in [1.807, 2.05) is 16.7 Å². The number of imidazole rings is 1. The van der Waals surface area contributed by atoms with Crippen LogP contribution in [-0.2, 0) is 13.1 Å². The average molecular weight is 314 g/mol. The summed E-state index contributed by atoms with van der Waals surface area (Å²) in [6.07, 6.45) is 3.34. The first-order chi connectivity index (χ1) is 11.1. The normalized spacial score (nSPS) is 10.9. The van der Waals surface area contributed by atoms with Crippen molar-refractivity contribution in [3.8, 4) is 11.5 Å². The van der Waals surface area contributed by atoms with E-state index in [1.165, 1.54) is 0 Å². The molecule has 0 fully saturated rings. The van der Waals surface area contributed by atoms with Gasteiger partial charge in [-0.2, -0.15) is 5.10 Å². The Balaban J connectivity index is 1.83. The molecule has 119 valence electrons. The maximum atomic E-state index is 11.0. The number of aromatic nitrogens is 4. The van der Waals surface area contributed by atoms with Crippen molar-refractivity contribution in [3.05, 3.63) is 36.4 Å². The molecule has 8 nitrogen and oxygen atoms in total. The van der Waals surface area contributed by atoms with Crippen molar-refractivity contribution in [2.75, 3.05) is 14.2 Å². The summed E-state index contributed by atoms with van der Waals surface area (Å²) in [7, 11) is 3.18. The minimum absolute atomic E-state index is 0.131. The second-order valence-corrected chi connectivity index (χ2v) is 4.88. The van der Waals surface area contributed by atoms with Crippen LogP contribution in [0.2, 0.25) is 0 Å². The second kappa shape index (κ2) is 5.99. The molecule has 23 heavy (non-hydrogen) atoms. The van der Waals surface area contributed by atoms with E-state index < -0.39 is 5.91 Å². The van der Waals surface area contributed by atoms with Crippen LogP contribution < -0.4 is 15.2 Å². The smallest absolute Gasteiger partial charge is 0.269 e. The number of benzene rings is 1. The molecule has 1 aromatic carbocycles. The Morgan fingerprint density at radius 1 is 1.26 bits per heavy atom. The van der Waals surface area contributed by atoms with E-state index in [-0.39, 0.29) is 5.69 Å². The highest BCUT2D eigenvalue weighted by Gasteiger charge is 2.11. The van der Waals surface area contributed by atoms with Gasteiger partial charge in [-0.1, -0.05) is 0 Å². The zero-order valence-electron chi connectivity index (χ0n) is 12.8. The van der Waals surface area contributed by atoms with Crippen LogP contribution in [0.15, 0.2) is 24.7 Å². The number of carbonyl (C=O) groups excluding carboxylic acids is 1. The van der Waals surface area contributed by atoms with Gasteiger partial charge in [0.15, 0.2) is 17.2 Å². The Bertz CT molecular complexity index is 852. The quantitative estimate of drug-likeness (QED) is 0.727. The van der Waals surface area contributed by atoms with Gasteiger partial charge in [0.2, 0.25) is 0 Å². The van der Waals surface area contributed by atoms with Crippen LogP contribution in [0.25, 0.3) is 11.0 Å². The van der Waals surface area contributed by atoms with E-state index in [2.05, 4.69) is 16.1 Å². The number of hydrogen-bond donors (Lipinski definition) is 1. The summed E-state index contributed by atoms with van der Waals surface area (Å²) >= 11 is 0. The summed E-state index contributed by atoms with van der Waals surface area (Å²) in [5, 5.41) is 4.06. The number of nitrogens with zero attached hydrogens (tertiary/aromatic N) is 4. The van der Waals surface area contributed by atoms with Crippen molar-refractivity contribution in [2.45, 2.75) is 13.1 Å². The Morgan fingerprint density at radius 2 is 2.00 bits per heavy atom. The number of nitrogens with two attached hydrogens (primary N) is 1. The fraction of sp³-hybridized carbons (Fsp3) is 0.267. The molecule has 3 aromatic rings. The number of rotatable bonds is 6. The van der Waals surface area contributed by atoms with Gasteiger partial charge in [-0.05, 0) is 0 Å². The molecule has 0 bridgehead atoms. The monoisotopic (exact) mass is 314 g/mol. The van der Waals surface area contributed by atoms with Gasteiger partial charge in [0, 0.05) is 30.9 Å². The van der Waals surface area contributed by atoms with Gasteiger partial charge in [-0.3, -0.25) is 9.48 Å². The molecule has 0 spiro atoms. The molecule has 0 aliphatic carbocycles. The Morgan fingerprint density at radius 3 is 2.65 bits per heavy atom. The van der Waals surface area contributed by atoms with Gasteiger partial charge in [0.05, 0.1) is 38.1 Å². The maximum absolute atomic E-state index is 11.0. The van der Waals surface area contributed by atoms with Gasteiger partial charge in [-0.25, -0.2) is 4.98 Å². The molecule has 8 heteroatoms. The molecule has 2 N–H and O–H groups in total. The SMILES string of the molecule is COc1cc2ncn(CCn3c[c]c(C(N)=O)n3)c2cc1OC. The third-order valence-electron chi connectivity index (χ3n) is 3.51. The number of carbonyl (C=O) groups is 1. The Labute approximate surface area is 132 Å². The lowest BCUT2D eigenvalue weighted by Gasteiger charge is -2.09. The maximum Gasteiger partial charge on any atom is 0.269 e. The van der Waals surface area contributed by atoms with E-state index in [0.717, 1.165) is 11.0 Å². The fourth-order valence-electron chi connectivity index (χ4n) is 2.33. The predicted molar refractivity (Wildman–Crippen MR) is 82.4 cm³/mol. The molecule has 1 radical (unpaired) electrons. The lowest BCUT2D eigenvalue weighted by molar-refractivity contribution is 0.0994. The zero-order chi connectivity index (χ0) is 16.4. The molecular weight excluding hydrogens is 298 g/mol. The molecule has 0 saturated heterocycles. The van der Waals surface area contributed by atoms with E-state index in [0.29, 0.717) is 24.6 Å². The van der Waals surface area contributed by atoms with Crippen molar-refractivity contribution in [1.82, 2.24) is 19.3 Å². The van der Waals surface area contributed by atoms with E-state index in [9.17, 15) is 4.79 Å². The van der Waals surface area contributed by atoms with Crippen molar-refractivity contribution < 1.29 is 14.3 Å². The number of primary amides is 1. The van der Waals surface area contributed by atoms with E-state index >= 15 is 0 Å². The molecule has 2 heterocycles. The largest absolute Gasteiger partial charge is 0.493 e. The van der Waals surface area contributed by atoms with Gasteiger partial charge in [0.25, 0.3) is 5.91 Å². The summed E-state index contributed by atoms with van der Waals surface area (Å²) in [6.45, 7) is 1.18. The van der Waals surface area contributed by atoms with Crippen LogP contribution >= 0.6 is 0 Å². The highest BCUT2D eigenvalue weighted by molar-refractivity contribution is 5.90. The molecule has 0 atom stereocenters. The topological polar surface area (TPSA) is 97.2 Å². The number of ether oxygens (including phenoxy) is 2. The van der Waals surface area contributed by atoms with E-state index in [4.69, 9.17) is 15.2 Å². The first-order valence-corrected chi connectivity index (χ1v) is 6.94. The molecule has 2 aromatic heterocycles. The molecule has 0 unspecified atom stereocenters. The standard InChI is InChI=1S/C15H16N5O3/c1-22-13-7-11-12(8-14(13)23-2)19(9-17-11)5-6-20-4-3-10(18-20)15(16)21/h4,7-9H,5-6H2,1-2H3,(H2,16,21). The third-order valence-corrected chi connectivity index (χ3v) is 3.51. The summed E-state index contributed by atoms with van der Waals surface area (Å²) in [5.74, 6) is 0.692. The third kappa shape index (κ3) is 2.83. The first kappa shape index (κ1) is 14.9. The van der Waals surface area contributed by atoms with Crippen molar-refractivity contribution in [1.29, 1.82) is 0 Å². The molecule has 0 aliphatic rings. The fourth-order valence-corrected chi connectivity index (χ4v) is 2.33. The van der Waals surface area contributed by atoms with Crippen LogP contribution in [0, 0.1) is 6.07 Å². The lowest BCUT2D eigenvalue weighted by atomic mass is 10.2. The van der Waals surface area contributed by atoms with Crippen LogP contribution in [0.5, 0.6) is 11.5 Å². The van der Waals surface area contributed by atoms with Crippen molar-refractivity contribution >= 4 is 16.9 Å². The summed E-state index contributed by atoms with van der Waals surface area (Å²) in [5.41, 5.74) is 7.03. The van der Waals surface area contributed by atoms with Crippen LogP contribution in [0.3, 0.4) is 0 Å². The van der Waals surface area contributed by atoms with Crippen LogP contribution in [-0.4, -0.2) is 39.5 Å². The number of aryl methyl sites for hydroxylation is 2. The molecule has 3 rings (SSSR count). The number of amides is 1. The molecule has 1 amide bonds. The zero-order valence-corrected chi connectivity index (χ0v) is 12.8. The summed E-state index contributed by atoms with van der Waals surface area (Å²) in [6, 6.07) is 6.43. The average Bonchev–Trinajstić information content (AvgIpc) is 3.18. The predicted octanol–water partition coefficient (Wildman–Crippen LogP) is 0.849. The minimum atomic E-state index is -0.589. The van der Waals surface area contributed by atoms with Gasteiger partial charge in [-0.15, -0.1) is 0 Å². The van der Waals surface area contributed by atoms with Crippen LogP contribution in [0.4, 0.5) is 0 Å². The van der Waals surface area contributed by atoms with Gasteiger partial charge in [0.1, 0.15) is 0 Å². The van der Waals surface area contributed by atoms with Gasteiger partial charge < -0.3 is 19.8 Å². The number of methoxy groups -OCH3 is 2. The number of hydrogen-bond acceptors (Lipinski definition) is 5. The molecule has 0 saturated carbocycles. The number of fused-ring (bicyclic) bond motifs is 1. The highest BCUT2D eigenvalue weighted by Crippen LogP contribution is 2.31. The second-order valence-electron chi connectivity index (χ2n) is 4.88. The van der Waals surface area contributed by atoms with E-state index in [1.54, 1.807) is 31.4 Å². The van der Waals surface area contributed by atoms with Crippen molar-refractivity contribution in [2.24, 2.45) is 5.73 Å². The minimum Gasteiger partial charge on any atom is -0.493 e. The van der Waals surface area contributed by atoms with Gasteiger partial charge >= 0.3 is 0 Å². The highest BCUT2D eigenvalue weighted by atomic mass is 16.5. The first-order valence-electron chi connectivity index (χ1n) is 6.94. The molecule has 0 aliphatic heterocycles. The van der Waals surface area contributed by atoms with Crippen LogP contribution in [0.1, 0.15) is 10.5 Å². The summed E-state index contributed by atoms with van der Waals surface area (Å²) in [4.78, 5) is 15.4.